The van der Waals surface area contributed by atoms with Gasteiger partial charge in [-0.1, -0.05) is 13.8 Å². The van der Waals surface area contributed by atoms with Gasteiger partial charge in [-0.25, -0.2) is 0 Å². The van der Waals surface area contributed by atoms with Gasteiger partial charge in [0.05, 0.1) is 13.2 Å². The topological polar surface area (TPSA) is 50.4 Å². The highest BCUT2D eigenvalue weighted by Crippen LogP contribution is 1.95. The lowest BCUT2D eigenvalue weighted by molar-refractivity contribution is -0.120. The minimum atomic E-state index is 0.0543. The lowest BCUT2D eigenvalue weighted by Crippen LogP contribution is -2.40. The van der Waals surface area contributed by atoms with Crippen LogP contribution in [-0.2, 0) is 9.53 Å². The number of hydrogen-bond donors (Lipinski definition) is 2. The van der Waals surface area contributed by atoms with Crippen LogP contribution < -0.4 is 10.6 Å². The van der Waals surface area contributed by atoms with Crippen LogP contribution in [0, 0.1) is 5.92 Å². The predicted molar refractivity (Wildman–Crippen MR) is 61.8 cm³/mol. The summed E-state index contributed by atoms with van der Waals surface area (Å²) in [4.78, 5) is 11.3. The van der Waals surface area contributed by atoms with Crippen LogP contribution in [0.25, 0.3) is 0 Å². The van der Waals surface area contributed by atoms with Crippen molar-refractivity contribution < 1.29 is 9.53 Å². The molecule has 0 aromatic carbocycles. The van der Waals surface area contributed by atoms with Crippen LogP contribution in [0.3, 0.4) is 0 Å². The van der Waals surface area contributed by atoms with Crippen molar-refractivity contribution in [1.82, 2.24) is 10.6 Å². The van der Waals surface area contributed by atoms with Crippen LogP contribution in [0.15, 0.2) is 0 Å². The van der Waals surface area contributed by atoms with E-state index in [0.29, 0.717) is 19.1 Å². The molecule has 2 N–H and O–H groups in total. The van der Waals surface area contributed by atoms with E-state index in [0.717, 1.165) is 13.0 Å². The third-order valence-electron chi connectivity index (χ3n) is 2.07. The van der Waals surface area contributed by atoms with Crippen LogP contribution in [0.1, 0.15) is 27.2 Å². The Hall–Kier alpha value is -0.610. The Morgan fingerprint density at radius 1 is 1.33 bits per heavy atom. The summed E-state index contributed by atoms with van der Waals surface area (Å²) in [5.74, 6) is 0.685. The molecule has 0 aliphatic rings. The summed E-state index contributed by atoms with van der Waals surface area (Å²) in [7, 11) is 1.65. The molecule has 1 atom stereocenters. The van der Waals surface area contributed by atoms with Gasteiger partial charge in [0.2, 0.25) is 5.91 Å². The summed E-state index contributed by atoms with van der Waals surface area (Å²) in [6.07, 6.45) is 1.03. The molecule has 0 fully saturated rings. The molecular formula is C11H24N2O2. The molecule has 90 valence electrons. The Balaban J connectivity index is 3.40. The normalized spacial score (nSPS) is 12.9. The largest absolute Gasteiger partial charge is 0.383 e. The number of nitrogens with one attached hydrogen (secondary N) is 2. The van der Waals surface area contributed by atoms with E-state index in [1.807, 2.05) is 6.92 Å². The lowest BCUT2D eigenvalue weighted by Gasteiger charge is -2.12. The monoisotopic (exact) mass is 216 g/mol. The summed E-state index contributed by atoms with van der Waals surface area (Å²) in [6.45, 7) is 8.03. The van der Waals surface area contributed by atoms with E-state index in [-0.39, 0.29) is 11.9 Å². The molecule has 1 amide bonds. The molecule has 4 heteroatoms. The number of carbonyl (C=O) groups excluding carboxylic acids is 1. The van der Waals surface area contributed by atoms with E-state index in [9.17, 15) is 4.79 Å². The zero-order valence-corrected chi connectivity index (χ0v) is 10.3. The molecule has 0 rings (SSSR count). The van der Waals surface area contributed by atoms with Crippen molar-refractivity contribution in [2.45, 2.75) is 33.2 Å². The highest BCUT2D eigenvalue weighted by Gasteiger charge is 2.04. The first-order valence-electron chi connectivity index (χ1n) is 5.55. The Kier molecular flexibility index (Phi) is 8.33. The van der Waals surface area contributed by atoms with Crippen LogP contribution >= 0.6 is 0 Å². The summed E-state index contributed by atoms with van der Waals surface area (Å²) in [6, 6.07) is 0.214. The van der Waals surface area contributed by atoms with E-state index in [1.54, 1.807) is 7.11 Å². The molecule has 0 heterocycles. The van der Waals surface area contributed by atoms with Gasteiger partial charge in [-0.2, -0.15) is 0 Å². The van der Waals surface area contributed by atoms with Gasteiger partial charge < -0.3 is 15.4 Å². The van der Waals surface area contributed by atoms with Gasteiger partial charge in [0.1, 0.15) is 0 Å². The van der Waals surface area contributed by atoms with Gasteiger partial charge >= 0.3 is 0 Å². The number of hydrogen-bond acceptors (Lipinski definition) is 3. The molecule has 0 aromatic heterocycles. The maximum atomic E-state index is 11.3. The Labute approximate surface area is 92.8 Å². The zero-order valence-electron chi connectivity index (χ0n) is 10.3. The van der Waals surface area contributed by atoms with Crippen LogP contribution in [-0.4, -0.2) is 38.8 Å². The van der Waals surface area contributed by atoms with Crippen molar-refractivity contribution in [3.8, 4) is 0 Å². The molecular weight excluding hydrogens is 192 g/mol. The van der Waals surface area contributed by atoms with Gasteiger partial charge in [0.15, 0.2) is 0 Å². The number of rotatable bonds is 8. The molecule has 0 bridgehead atoms. The van der Waals surface area contributed by atoms with Gasteiger partial charge in [-0.05, 0) is 19.3 Å². The van der Waals surface area contributed by atoms with Crippen molar-refractivity contribution in [1.29, 1.82) is 0 Å². The highest BCUT2D eigenvalue weighted by atomic mass is 16.5. The van der Waals surface area contributed by atoms with E-state index in [4.69, 9.17) is 4.74 Å². The molecule has 0 saturated heterocycles. The maximum Gasteiger partial charge on any atom is 0.233 e. The minimum Gasteiger partial charge on any atom is -0.383 e. The lowest BCUT2D eigenvalue weighted by atomic mass is 10.1. The van der Waals surface area contributed by atoms with Crippen LogP contribution in [0.2, 0.25) is 0 Å². The van der Waals surface area contributed by atoms with E-state index >= 15 is 0 Å². The first-order chi connectivity index (χ1) is 7.06. The second-order valence-electron chi connectivity index (χ2n) is 4.27. The van der Waals surface area contributed by atoms with Crippen molar-refractivity contribution >= 4 is 5.91 Å². The van der Waals surface area contributed by atoms with Gasteiger partial charge in [0.25, 0.3) is 0 Å². The molecule has 0 radical (unpaired) electrons. The second kappa shape index (κ2) is 8.68. The van der Waals surface area contributed by atoms with Crippen molar-refractivity contribution in [2.24, 2.45) is 5.92 Å². The summed E-state index contributed by atoms with van der Waals surface area (Å²) in [5, 5.41) is 5.95. The second-order valence-corrected chi connectivity index (χ2v) is 4.27. The fourth-order valence-corrected chi connectivity index (χ4v) is 1.14. The summed E-state index contributed by atoms with van der Waals surface area (Å²) >= 11 is 0. The first kappa shape index (κ1) is 14.4. The van der Waals surface area contributed by atoms with E-state index in [1.165, 1.54) is 0 Å². The average molecular weight is 216 g/mol. The maximum absolute atomic E-state index is 11.3. The first-order valence-corrected chi connectivity index (χ1v) is 5.55. The Morgan fingerprint density at radius 3 is 2.53 bits per heavy atom. The predicted octanol–water partition coefficient (Wildman–Crippen LogP) is 0.773. The molecule has 0 aliphatic heterocycles. The number of carbonyl (C=O) groups is 1. The Bertz CT molecular complexity index is 172. The van der Waals surface area contributed by atoms with Crippen LogP contribution in [0.4, 0.5) is 0 Å². The van der Waals surface area contributed by atoms with Gasteiger partial charge in [-0.3, -0.25) is 4.79 Å². The van der Waals surface area contributed by atoms with Gasteiger partial charge in [0, 0.05) is 19.7 Å². The minimum absolute atomic E-state index is 0.0543. The van der Waals surface area contributed by atoms with Gasteiger partial charge in [-0.15, -0.1) is 0 Å². The number of ether oxygens (including phenoxy) is 1. The number of methoxy groups -OCH3 is 1. The van der Waals surface area contributed by atoms with E-state index in [2.05, 4.69) is 24.5 Å². The molecule has 0 aliphatic carbocycles. The fourth-order valence-electron chi connectivity index (χ4n) is 1.14. The molecule has 0 aromatic rings. The SMILES string of the molecule is COCC(C)NCC(=O)NCCC(C)C. The average Bonchev–Trinajstić information content (AvgIpc) is 2.14. The highest BCUT2D eigenvalue weighted by molar-refractivity contribution is 5.77. The molecule has 1 unspecified atom stereocenters. The zero-order chi connectivity index (χ0) is 11.7. The van der Waals surface area contributed by atoms with Crippen molar-refractivity contribution in [3.63, 3.8) is 0 Å². The Morgan fingerprint density at radius 2 is 2.00 bits per heavy atom. The quantitative estimate of drug-likeness (QED) is 0.630. The standard InChI is InChI=1S/C11H24N2O2/c1-9(2)5-6-12-11(14)7-13-10(3)8-15-4/h9-10,13H,5-8H2,1-4H3,(H,12,14). The molecule has 15 heavy (non-hydrogen) atoms. The molecule has 0 saturated carbocycles. The van der Waals surface area contributed by atoms with Crippen LogP contribution in [0.5, 0.6) is 0 Å². The fraction of sp³-hybridized carbons (Fsp3) is 0.909. The number of amides is 1. The third-order valence-corrected chi connectivity index (χ3v) is 2.07. The molecule has 4 nitrogen and oxygen atoms in total. The van der Waals surface area contributed by atoms with E-state index < -0.39 is 0 Å². The van der Waals surface area contributed by atoms with Crippen molar-refractivity contribution in [3.05, 3.63) is 0 Å². The van der Waals surface area contributed by atoms with Crippen molar-refractivity contribution in [2.75, 3.05) is 26.8 Å². The summed E-state index contributed by atoms with van der Waals surface area (Å²) < 4.78 is 4.95. The summed E-state index contributed by atoms with van der Waals surface area (Å²) in [5.41, 5.74) is 0. The smallest absolute Gasteiger partial charge is 0.233 e. The third kappa shape index (κ3) is 9.69. The molecule has 0 spiro atoms.